The number of rotatable bonds is 10. The molecule has 0 aliphatic heterocycles. The zero-order valence-corrected chi connectivity index (χ0v) is 22.9. The van der Waals surface area contributed by atoms with E-state index in [1.54, 1.807) is 42.9 Å². The van der Waals surface area contributed by atoms with Gasteiger partial charge in [-0.05, 0) is 50.7 Å². The van der Waals surface area contributed by atoms with Gasteiger partial charge in [0.15, 0.2) is 19.5 Å². The van der Waals surface area contributed by atoms with Crippen molar-refractivity contribution in [1.29, 1.82) is 0 Å². The Balaban J connectivity index is 1.63. The summed E-state index contributed by atoms with van der Waals surface area (Å²) in [4.78, 5) is 9.98. The number of aliphatic imine (C=N–C) groups is 1. The summed E-state index contributed by atoms with van der Waals surface area (Å²) in [7, 11) is 9.04. The van der Waals surface area contributed by atoms with Crippen LogP contribution in [0.2, 0.25) is 0 Å². The largest absolute Gasteiger partial charge is 0.489 e. The van der Waals surface area contributed by atoms with E-state index in [-0.39, 0.29) is 24.5 Å². The van der Waals surface area contributed by atoms with Gasteiger partial charge in [-0.3, -0.25) is 4.99 Å². The Morgan fingerprint density at radius 2 is 2.00 bits per heavy atom. The molecule has 2 aromatic heterocycles. The van der Waals surface area contributed by atoms with Gasteiger partial charge in [-0.15, -0.1) is 0 Å². The van der Waals surface area contributed by atoms with Crippen LogP contribution in [-0.4, -0.2) is 65.2 Å². The van der Waals surface area contributed by atoms with Crippen molar-refractivity contribution < 1.29 is 27.4 Å². The van der Waals surface area contributed by atoms with Crippen LogP contribution in [0.3, 0.4) is 0 Å². The molecule has 40 heavy (non-hydrogen) atoms. The number of fused-ring (bicyclic) bond motifs is 1. The lowest BCUT2D eigenvalue weighted by Crippen LogP contribution is -2.51. The van der Waals surface area contributed by atoms with Crippen LogP contribution < -0.4 is 10.5 Å². The van der Waals surface area contributed by atoms with Crippen molar-refractivity contribution in [2.75, 3.05) is 20.7 Å². The number of hydrogen-bond donors (Lipinski definition) is 2. The van der Waals surface area contributed by atoms with Crippen LogP contribution >= 0.6 is 0 Å². The minimum absolute atomic E-state index is 0.00241. The van der Waals surface area contributed by atoms with Crippen molar-refractivity contribution in [3.8, 4) is 16.9 Å². The predicted octanol–water partition coefficient (Wildman–Crippen LogP) is 4.66. The quantitative estimate of drug-likeness (QED) is 0.215. The molecule has 0 saturated heterocycles. The molecule has 3 N–H and O–H groups in total. The molecule has 212 valence electrons. The van der Waals surface area contributed by atoms with Crippen LogP contribution in [0.25, 0.3) is 16.8 Å². The second kappa shape index (κ2) is 11.2. The number of nitrogens with zero attached hydrogens (tertiary/aromatic N) is 4. The minimum atomic E-state index is -2.84. The molecular formula is C28H32BF4N5O2. The van der Waals surface area contributed by atoms with E-state index in [2.05, 4.69) is 9.98 Å². The maximum absolute atomic E-state index is 15.1. The van der Waals surface area contributed by atoms with Gasteiger partial charge in [0.1, 0.15) is 11.2 Å². The summed E-state index contributed by atoms with van der Waals surface area (Å²) in [6.45, 7) is 3.32. The first kappa shape index (κ1) is 29.6. The number of aromatic nitrogens is 2. The minimum Gasteiger partial charge on any atom is -0.489 e. The van der Waals surface area contributed by atoms with E-state index < -0.39 is 41.9 Å². The number of imidazole rings is 1. The van der Waals surface area contributed by atoms with Gasteiger partial charge in [0, 0.05) is 67.5 Å². The molecule has 7 nitrogen and oxygen atoms in total. The second-order valence-corrected chi connectivity index (χ2v) is 10.5. The molecule has 4 rings (SSSR count). The zero-order chi connectivity index (χ0) is 29.4. The normalized spacial score (nSPS) is 18.0. The lowest BCUT2D eigenvalue weighted by Gasteiger charge is -2.44. The molecule has 1 aromatic carbocycles. The van der Waals surface area contributed by atoms with E-state index in [0.717, 1.165) is 11.8 Å². The fraction of sp³-hybridized carbons (Fsp3) is 0.429. The van der Waals surface area contributed by atoms with Gasteiger partial charge in [-0.25, -0.2) is 18.2 Å². The molecule has 1 aliphatic rings. The van der Waals surface area contributed by atoms with Crippen molar-refractivity contribution in [2.24, 2.45) is 16.6 Å². The maximum atomic E-state index is 15.1. The fourth-order valence-electron chi connectivity index (χ4n) is 4.95. The summed E-state index contributed by atoms with van der Waals surface area (Å²) in [5.74, 6) is -6.10. The summed E-state index contributed by atoms with van der Waals surface area (Å²) in [5, 5.41) is 11.0. The summed E-state index contributed by atoms with van der Waals surface area (Å²) in [6.07, 6.45) is 2.53. The molecule has 0 bridgehead atoms. The van der Waals surface area contributed by atoms with Gasteiger partial charge < -0.3 is 24.8 Å². The van der Waals surface area contributed by atoms with Crippen LogP contribution in [0.4, 0.5) is 17.6 Å². The van der Waals surface area contributed by atoms with Crippen molar-refractivity contribution in [3.63, 3.8) is 0 Å². The van der Waals surface area contributed by atoms with Crippen LogP contribution in [0, 0.1) is 17.6 Å². The highest BCUT2D eigenvalue weighted by Gasteiger charge is 2.54. The maximum Gasteiger partial charge on any atom is 0.248 e. The smallest absolute Gasteiger partial charge is 0.248 e. The number of ether oxygens (including phenoxy) is 1. The molecule has 0 spiro atoms. The van der Waals surface area contributed by atoms with Crippen LogP contribution in [-0.2, 0) is 6.54 Å². The van der Waals surface area contributed by atoms with Crippen molar-refractivity contribution in [2.45, 2.75) is 51.2 Å². The SMILES string of the molecule is [B]N(C)Cc1cnc2ccc(-c3ccc(F)c(F)c3OCC/C(C(C)=NC)=C(/N)C(C)(O)C3CC(F)(F)C3)cn12. The highest BCUT2D eigenvalue weighted by molar-refractivity contribution is 6.04. The molecule has 1 aliphatic carbocycles. The monoisotopic (exact) mass is 557 g/mol. The molecule has 1 saturated carbocycles. The number of nitrogens with two attached hydrogens (primary N) is 1. The molecule has 3 aromatic rings. The Kier molecular flexibility index (Phi) is 8.32. The number of pyridine rings is 1. The van der Waals surface area contributed by atoms with Gasteiger partial charge in [0.2, 0.25) is 11.7 Å². The van der Waals surface area contributed by atoms with Crippen LogP contribution in [0.5, 0.6) is 5.75 Å². The van der Waals surface area contributed by atoms with Gasteiger partial charge >= 0.3 is 0 Å². The van der Waals surface area contributed by atoms with E-state index in [1.165, 1.54) is 24.8 Å². The van der Waals surface area contributed by atoms with Crippen molar-refractivity contribution in [3.05, 3.63) is 65.3 Å². The van der Waals surface area contributed by atoms with Gasteiger partial charge in [0.25, 0.3) is 0 Å². The molecule has 1 fully saturated rings. The first-order valence-electron chi connectivity index (χ1n) is 12.8. The van der Waals surface area contributed by atoms with E-state index in [1.807, 2.05) is 0 Å². The number of alkyl halides is 2. The molecule has 2 radical (unpaired) electrons. The molecule has 0 amide bonds. The van der Waals surface area contributed by atoms with E-state index >= 15 is 4.39 Å². The lowest BCUT2D eigenvalue weighted by atomic mass is 9.69. The number of hydrogen-bond acceptors (Lipinski definition) is 6. The Morgan fingerprint density at radius 3 is 2.62 bits per heavy atom. The Bertz CT molecular complexity index is 1460. The molecular weight excluding hydrogens is 525 g/mol. The third-order valence-corrected chi connectivity index (χ3v) is 7.48. The zero-order valence-electron chi connectivity index (χ0n) is 22.9. The summed E-state index contributed by atoms with van der Waals surface area (Å²) < 4.78 is 64.0. The van der Waals surface area contributed by atoms with Gasteiger partial charge in [-0.2, -0.15) is 4.39 Å². The average molecular weight is 557 g/mol. The Hall–Kier alpha value is -3.38. The third-order valence-electron chi connectivity index (χ3n) is 7.48. The molecule has 1 atom stereocenters. The highest BCUT2D eigenvalue weighted by Crippen LogP contribution is 2.49. The standard InChI is InChI=1S/C28H32BF4N5O2/c1-16(35-3)20(26(34)27(2,39)18-11-28(32,33)12-18)9-10-40-25-21(6-7-22(30)24(25)31)17-5-8-23-36-13-19(15-37(4)29)38(23)14-17/h5-8,13-14,18,39H,9-12,15,34H2,1-4H3/b26-20-,35-16?. The van der Waals surface area contributed by atoms with Gasteiger partial charge in [0.05, 0.1) is 18.5 Å². The lowest BCUT2D eigenvalue weighted by molar-refractivity contribution is -0.160. The predicted molar refractivity (Wildman–Crippen MR) is 146 cm³/mol. The third kappa shape index (κ3) is 5.88. The highest BCUT2D eigenvalue weighted by atomic mass is 19.3. The number of benzene rings is 1. The molecule has 2 heterocycles. The number of aliphatic hydroxyl groups is 1. The van der Waals surface area contributed by atoms with Crippen LogP contribution in [0.1, 0.15) is 38.8 Å². The van der Waals surface area contributed by atoms with E-state index in [9.17, 15) is 18.3 Å². The number of halogens is 4. The van der Waals surface area contributed by atoms with Crippen molar-refractivity contribution >= 4 is 19.3 Å². The Morgan fingerprint density at radius 1 is 1.30 bits per heavy atom. The summed E-state index contributed by atoms with van der Waals surface area (Å²) >= 11 is 0. The molecule has 1 unspecified atom stereocenters. The average Bonchev–Trinajstić information content (AvgIpc) is 3.27. The summed E-state index contributed by atoms with van der Waals surface area (Å²) in [5.41, 5.74) is 7.79. The molecule has 12 heteroatoms. The van der Waals surface area contributed by atoms with E-state index in [4.69, 9.17) is 18.5 Å². The Labute approximate surface area is 231 Å². The van der Waals surface area contributed by atoms with Crippen molar-refractivity contribution in [1.82, 2.24) is 14.2 Å². The van der Waals surface area contributed by atoms with Gasteiger partial charge in [-0.1, -0.05) is 0 Å². The van der Waals surface area contributed by atoms with E-state index in [0.29, 0.717) is 34.6 Å². The second-order valence-electron chi connectivity index (χ2n) is 10.5. The summed E-state index contributed by atoms with van der Waals surface area (Å²) in [6, 6.07) is 5.91. The first-order valence-corrected chi connectivity index (χ1v) is 12.8. The first-order chi connectivity index (χ1) is 18.7. The fourth-order valence-corrected chi connectivity index (χ4v) is 4.95. The van der Waals surface area contributed by atoms with Crippen LogP contribution in [0.15, 0.2) is 52.9 Å². The topological polar surface area (TPSA) is 88.4 Å².